The molecule has 0 amide bonds. The van der Waals surface area contributed by atoms with Gasteiger partial charge >= 0.3 is 0 Å². The monoisotopic (exact) mass is 186 g/mol. The van der Waals surface area contributed by atoms with Crippen LogP contribution in [0.2, 0.25) is 0 Å². The molecule has 6 atom stereocenters. The van der Waals surface area contributed by atoms with Gasteiger partial charge in [0.2, 0.25) is 0 Å². The van der Waals surface area contributed by atoms with Crippen molar-refractivity contribution in [1.82, 2.24) is 0 Å². The van der Waals surface area contributed by atoms with Crippen LogP contribution in [-0.4, -0.2) is 5.94 Å². The smallest absolute Gasteiger partial charge is 0.123 e. The molecule has 0 aromatic rings. The van der Waals surface area contributed by atoms with Crippen LogP contribution in [0, 0.1) is 35.5 Å². The molecule has 4 bridgehead atoms. The van der Waals surface area contributed by atoms with E-state index in [-0.39, 0.29) is 0 Å². The van der Waals surface area contributed by atoms with Crippen LogP contribution < -0.4 is 0 Å². The van der Waals surface area contributed by atoms with E-state index in [1.54, 1.807) is 0 Å². The van der Waals surface area contributed by atoms with Crippen molar-refractivity contribution in [1.29, 1.82) is 0 Å². The van der Waals surface area contributed by atoms with Crippen LogP contribution in [0.5, 0.6) is 0 Å². The van der Waals surface area contributed by atoms with Crippen LogP contribution >= 0.6 is 0 Å². The van der Waals surface area contributed by atoms with Crippen molar-refractivity contribution in [3.63, 3.8) is 0 Å². The zero-order valence-electron chi connectivity index (χ0n) is 8.15. The molecule has 4 aliphatic rings. The quantitative estimate of drug-likeness (QED) is 0.322. The van der Waals surface area contributed by atoms with Crippen LogP contribution in [0.25, 0.3) is 0 Å². The van der Waals surface area contributed by atoms with Gasteiger partial charge in [-0.05, 0) is 54.8 Å². The molecule has 14 heavy (non-hydrogen) atoms. The van der Waals surface area contributed by atoms with Crippen molar-refractivity contribution in [3.05, 3.63) is 17.7 Å². The number of fused-ring (bicyclic) bond motifs is 9. The van der Waals surface area contributed by atoms with Crippen molar-refractivity contribution in [2.45, 2.75) is 19.3 Å². The fraction of sp³-hybridized carbons (Fsp3) is 0.692. The van der Waals surface area contributed by atoms with Crippen molar-refractivity contribution >= 4 is 5.94 Å². The van der Waals surface area contributed by atoms with Gasteiger partial charge < -0.3 is 0 Å². The van der Waals surface area contributed by atoms with E-state index in [0.717, 1.165) is 41.6 Å². The average Bonchev–Trinajstić information content (AvgIpc) is 2.94. The SMILES string of the molecule is O=C=C1CC2CC1C1C3C=CC(C3)C21. The molecule has 3 fully saturated rings. The van der Waals surface area contributed by atoms with Gasteiger partial charge in [-0.1, -0.05) is 12.2 Å². The van der Waals surface area contributed by atoms with Gasteiger partial charge in [-0.2, -0.15) is 0 Å². The Hall–Kier alpha value is -0.810. The number of allylic oxidation sites excluding steroid dienone is 3. The summed E-state index contributed by atoms with van der Waals surface area (Å²) in [6.45, 7) is 0. The fourth-order valence-electron chi connectivity index (χ4n) is 4.91. The van der Waals surface area contributed by atoms with E-state index < -0.39 is 0 Å². The van der Waals surface area contributed by atoms with E-state index in [2.05, 4.69) is 18.1 Å². The maximum Gasteiger partial charge on any atom is 0.123 e. The Morgan fingerprint density at radius 3 is 2.71 bits per heavy atom. The maximum atomic E-state index is 10.8. The molecule has 1 nitrogen and oxygen atoms in total. The average molecular weight is 186 g/mol. The van der Waals surface area contributed by atoms with Gasteiger partial charge in [-0.25, -0.2) is 4.79 Å². The van der Waals surface area contributed by atoms with Gasteiger partial charge in [0.1, 0.15) is 5.94 Å². The van der Waals surface area contributed by atoms with Crippen LogP contribution in [0.4, 0.5) is 0 Å². The lowest BCUT2D eigenvalue weighted by molar-refractivity contribution is 0.244. The lowest BCUT2D eigenvalue weighted by Gasteiger charge is -2.32. The second kappa shape index (κ2) is 2.23. The largest absolute Gasteiger partial charge is 0.234 e. The molecular formula is C13H14O. The second-order valence-electron chi connectivity index (χ2n) is 5.54. The molecule has 0 saturated heterocycles. The summed E-state index contributed by atoms with van der Waals surface area (Å²) in [5.74, 6) is 7.12. The molecule has 1 heteroatoms. The Balaban J connectivity index is 1.82. The van der Waals surface area contributed by atoms with Crippen molar-refractivity contribution in [2.75, 3.05) is 0 Å². The highest BCUT2D eigenvalue weighted by atomic mass is 16.1. The Kier molecular flexibility index (Phi) is 1.19. The van der Waals surface area contributed by atoms with E-state index in [0.29, 0.717) is 5.92 Å². The highest BCUT2D eigenvalue weighted by Crippen LogP contribution is 2.66. The van der Waals surface area contributed by atoms with Crippen LogP contribution in [-0.2, 0) is 4.79 Å². The molecule has 0 aromatic carbocycles. The number of carbonyl (C=O) groups excluding carboxylic acids is 1. The molecule has 0 aromatic heterocycles. The molecule has 0 heterocycles. The Morgan fingerprint density at radius 2 is 1.93 bits per heavy atom. The highest BCUT2D eigenvalue weighted by Gasteiger charge is 2.59. The third-order valence-electron chi connectivity index (χ3n) is 5.21. The van der Waals surface area contributed by atoms with E-state index in [9.17, 15) is 4.79 Å². The van der Waals surface area contributed by atoms with E-state index in [1.165, 1.54) is 12.8 Å². The van der Waals surface area contributed by atoms with Crippen molar-refractivity contribution < 1.29 is 4.79 Å². The summed E-state index contributed by atoms with van der Waals surface area (Å²) in [7, 11) is 0. The number of hydrogen-bond acceptors (Lipinski definition) is 1. The van der Waals surface area contributed by atoms with Gasteiger partial charge in [0.15, 0.2) is 0 Å². The third-order valence-corrected chi connectivity index (χ3v) is 5.21. The fourth-order valence-corrected chi connectivity index (χ4v) is 4.91. The zero-order chi connectivity index (χ0) is 9.28. The van der Waals surface area contributed by atoms with Crippen LogP contribution in [0.1, 0.15) is 19.3 Å². The molecule has 0 N–H and O–H groups in total. The minimum atomic E-state index is 0.627. The number of hydrogen-bond donors (Lipinski definition) is 0. The van der Waals surface area contributed by atoms with Gasteiger partial charge in [0.25, 0.3) is 0 Å². The normalized spacial score (nSPS) is 56.7. The topological polar surface area (TPSA) is 17.1 Å². The molecule has 0 aliphatic heterocycles. The minimum Gasteiger partial charge on any atom is -0.234 e. The first-order valence-electron chi connectivity index (χ1n) is 5.80. The third kappa shape index (κ3) is 0.653. The predicted octanol–water partition coefficient (Wildman–Crippen LogP) is 2.22. The van der Waals surface area contributed by atoms with E-state index >= 15 is 0 Å². The summed E-state index contributed by atoms with van der Waals surface area (Å²) in [4.78, 5) is 10.8. The van der Waals surface area contributed by atoms with Crippen LogP contribution in [0.3, 0.4) is 0 Å². The van der Waals surface area contributed by atoms with Gasteiger partial charge in [-0.15, -0.1) is 0 Å². The van der Waals surface area contributed by atoms with Crippen LogP contribution in [0.15, 0.2) is 17.7 Å². The highest BCUT2D eigenvalue weighted by molar-refractivity contribution is 5.56. The first kappa shape index (κ1) is 7.48. The molecule has 3 saturated carbocycles. The molecule has 4 rings (SSSR count). The van der Waals surface area contributed by atoms with Crippen molar-refractivity contribution in [3.8, 4) is 0 Å². The Bertz CT molecular complexity index is 375. The summed E-state index contributed by atoms with van der Waals surface area (Å²) >= 11 is 0. The van der Waals surface area contributed by atoms with Gasteiger partial charge in [0.05, 0.1) is 0 Å². The standard InChI is InChI=1S/C13H14O/c14-6-10-4-9-5-11(10)13-8-2-1-7(3-8)12(9)13/h1-2,7-9,11-13H,3-5H2. The molecule has 0 radical (unpaired) electrons. The molecule has 0 spiro atoms. The number of rotatable bonds is 0. The molecule has 72 valence electrons. The lowest BCUT2D eigenvalue weighted by atomic mass is 9.72. The van der Waals surface area contributed by atoms with E-state index in [1.807, 2.05) is 0 Å². The van der Waals surface area contributed by atoms with Gasteiger partial charge in [-0.3, -0.25) is 0 Å². The maximum absolute atomic E-state index is 10.8. The predicted molar refractivity (Wildman–Crippen MR) is 53.1 cm³/mol. The summed E-state index contributed by atoms with van der Waals surface area (Å²) < 4.78 is 0. The summed E-state index contributed by atoms with van der Waals surface area (Å²) in [5.41, 5.74) is 1.12. The first-order valence-corrected chi connectivity index (χ1v) is 5.80. The van der Waals surface area contributed by atoms with E-state index in [4.69, 9.17) is 0 Å². The van der Waals surface area contributed by atoms with Gasteiger partial charge in [0, 0.05) is 5.57 Å². The first-order chi connectivity index (χ1) is 6.88. The Labute approximate surface area is 83.9 Å². The minimum absolute atomic E-state index is 0.627. The summed E-state index contributed by atoms with van der Waals surface area (Å²) in [6.07, 6.45) is 8.61. The zero-order valence-corrected chi connectivity index (χ0v) is 8.15. The molecule has 6 unspecified atom stereocenters. The lowest BCUT2D eigenvalue weighted by Crippen LogP contribution is -2.27. The second-order valence-corrected chi connectivity index (χ2v) is 5.54. The summed E-state index contributed by atoms with van der Waals surface area (Å²) in [6, 6.07) is 0. The summed E-state index contributed by atoms with van der Waals surface area (Å²) in [5, 5.41) is 0. The Morgan fingerprint density at radius 1 is 1.14 bits per heavy atom. The molecule has 4 aliphatic carbocycles. The molecular weight excluding hydrogens is 172 g/mol. The van der Waals surface area contributed by atoms with Crippen molar-refractivity contribution in [2.24, 2.45) is 35.5 Å².